The first-order chi connectivity index (χ1) is 8.06. The van der Waals surface area contributed by atoms with Crippen molar-refractivity contribution >= 4 is 16.5 Å². The standard InChI is InChI=1S/C12H15F2NOS/c1-8-6-11(14)12(7-10(8)13)15-9-2-4-17(16)5-3-9/h6-7,9,15H,2-5H2,1H3. The third kappa shape index (κ3) is 3.03. The van der Waals surface area contributed by atoms with E-state index >= 15 is 0 Å². The van der Waals surface area contributed by atoms with Crippen LogP contribution in [0.4, 0.5) is 14.5 Å². The van der Waals surface area contributed by atoms with E-state index < -0.39 is 22.4 Å². The summed E-state index contributed by atoms with van der Waals surface area (Å²) in [6.07, 6.45) is 1.48. The first-order valence-electron chi connectivity index (χ1n) is 5.63. The van der Waals surface area contributed by atoms with E-state index in [1.807, 2.05) is 0 Å². The van der Waals surface area contributed by atoms with Crippen molar-refractivity contribution in [3.63, 3.8) is 0 Å². The normalized spacial score (nSPS) is 24.6. The van der Waals surface area contributed by atoms with E-state index in [1.165, 1.54) is 19.1 Å². The van der Waals surface area contributed by atoms with Crippen molar-refractivity contribution in [3.05, 3.63) is 29.3 Å². The van der Waals surface area contributed by atoms with Crippen LogP contribution in [0.15, 0.2) is 12.1 Å². The molecule has 0 radical (unpaired) electrons. The maximum absolute atomic E-state index is 13.6. The Morgan fingerprint density at radius 2 is 1.88 bits per heavy atom. The van der Waals surface area contributed by atoms with Crippen LogP contribution in [-0.2, 0) is 10.8 Å². The summed E-state index contributed by atoms with van der Waals surface area (Å²) in [6, 6.07) is 2.47. The maximum Gasteiger partial charge on any atom is 0.146 e. The number of anilines is 1. The molecule has 0 saturated carbocycles. The molecule has 1 saturated heterocycles. The van der Waals surface area contributed by atoms with Gasteiger partial charge < -0.3 is 5.32 Å². The lowest BCUT2D eigenvalue weighted by Gasteiger charge is -2.24. The van der Waals surface area contributed by atoms with Crippen molar-refractivity contribution in [1.82, 2.24) is 0 Å². The summed E-state index contributed by atoms with van der Waals surface area (Å²) in [6.45, 7) is 1.53. The molecule has 1 N–H and O–H groups in total. The highest BCUT2D eigenvalue weighted by atomic mass is 32.2. The lowest BCUT2D eigenvalue weighted by atomic mass is 10.1. The van der Waals surface area contributed by atoms with E-state index in [0.717, 1.165) is 12.8 Å². The van der Waals surface area contributed by atoms with E-state index in [0.29, 0.717) is 17.1 Å². The van der Waals surface area contributed by atoms with Gasteiger partial charge in [0.05, 0.1) is 5.69 Å². The minimum atomic E-state index is -0.740. The number of halogens is 2. The van der Waals surface area contributed by atoms with Crippen LogP contribution in [0.5, 0.6) is 0 Å². The maximum atomic E-state index is 13.6. The van der Waals surface area contributed by atoms with E-state index in [9.17, 15) is 13.0 Å². The fraction of sp³-hybridized carbons (Fsp3) is 0.500. The zero-order chi connectivity index (χ0) is 12.4. The quantitative estimate of drug-likeness (QED) is 0.884. The Bertz CT molecular complexity index is 440. The Hall–Kier alpha value is -0.970. The zero-order valence-corrected chi connectivity index (χ0v) is 10.4. The summed E-state index contributed by atoms with van der Waals surface area (Å²) in [5.41, 5.74) is 0.503. The minimum absolute atomic E-state index is 0.0873. The van der Waals surface area contributed by atoms with Gasteiger partial charge in [0.2, 0.25) is 0 Å². The minimum Gasteiger partial charge on any atom is -0.380 e. The Morgan fingerprint density at radius 1 is 1.24 bits per heavy atom. The van der Waals surface area contributed by atoms with Gasteiger partial charge in [-0.2, -0.15) is 0 Å². The molecule has 2 nitrogen and oxygen atoms in total. The predicted molar refractivity (Wildman–Crippen MR) is 65.6 cm³/mol. The van der Waals surface area contributed by atoms with Crippen LogP contribution < -0.4 is 5.32 Å². The molecular formula is C12H15F2NOS. The van der Waals surface area contributed by atoms with Crippen LogP contribution in [0.25, 0.3) is 0 Å². The number of hydrogen-bond acceptors (Lipinski definition) is 2. The third-order valence-electron chi connectivity index (χ3n) is 3.00. The summed E-state index contributed by atoms with van der Waals surface area (Å²) < 4.78 is 38.1. The first kappa shape index (κ1) is 12.5. The van der Waals surface area contributed by atoms with Gasteiger partial charge in [0.15, 0.2) is 0 Å². The number of hydrogen-bond donors (Lipinski definition) is 1. The fourth-order valence-electron chi connectivity index (χ4n) is 1.91. The Labute approximate surface area is 102 Å². The number of rotatable bonds is 2. The molecule has 1 aliphatic heterocycles. The first-order valence-corrected chi connectivity index (χ1v) is 7.12. The van der Waals surface area contributed by atoms with Crippen molar-refractivity contribution in [3.8, 4) is 0 Å². The molecule has 94 valence electrons. The van der Waals surface area contributed by atoms with Gasteiger partial charge in [-0.25, -0.2) is 8.78 Å². The number of benzene rings is 1. The van der Waals surface area contributed by atoms with Crippen LogP contribution in [0, 0.1) is 18.6 Å². The monoisotopic (exact) mass is 259 g/mol. The molecular weight excluding hydrogens is 244 g/mol. The van der Waals surface area contributed by atoms with Crippen molar-refractivity contribution in [2.24, 2.45) is 0 Å². The lowest BCUT2D eigenvalue weighted by molar-refractivity contribution is 0.584. The second-order valence-corrected chi connectivity index (χ2v) is 6.04. The van der Waals surface area contributed by atoms with Crippen LogP contribution in [0.1, 0.15) is 18.4 Å². The van der Waals surface area contributed by atoms with Crippen molar-refractivity contribution in [2.75, 3.05) is 16.8 Å². The second kappa shape index (κ2) is 5.12. The second-order valence-electron chi connectivity index (χ2n) is 4.35. The molecule has 1 aliphatic rings. The molecule has 5 heteroatoms. The van der Waals surface area contributed by atoms with Crippen LogP contribution in [0.3, 0.4) is 0 Å². The zero-order valence-electron chi connectivity index (χ0n) is 9.63. The number of nitrogens with one attached hydrogen (secondary N) is 1. The topological polar surface area (TPSA) is 29.1 Å². The van der Waals surface area contributed by atoms with E-state index in [1.54, 1.807) is 0 Å². The van der Waals surface area contributed by atoms with E-state index in [-0.39, 0.29) is 11.7 Å². The molecule has 1 aromatic rings. The Morgan fingerprint density at radius 3 is 2.53 bits per heavy atom. The van der Waals surface area contributed by atoms with Gasteiger partial charge in [0.25, 0.3) is 0 Å². The summed E-state index contributed by atoms with van der Waals surface area (Å²) >= 11 is 0. The molecule has 1 aromatic carbocycles. The number of aryl methyl sites for hydroxylation is 1. The molecule has 1 fully saturated rings. The predicted octanol–water partition coefficient (Wildman–Crippen LogP) is 2.60. The molecule has 2 rings (SSSR count). The van der Waals surface area contributed by atoms with Gasteiger partial charge in [-0.1, -0.05) is 0 Å². The smallest absolute Gasteiger partial charge is 0.146 e. The highest BCUT2D eigenvalue weighted by Gasteiger charge is 2.19. The van der Waals surface area contributed by atoms with E-state index in [4.69, 9.17) is 0 Å². The molecule has 0 spiro atoms. The molecule has 0 aromatic heterocycles. The van der Waals surface area contributed by atoms with Gasteiger partial charge in [-0.3, -0.25) is 4.21 Å². The summed E-state index contributed by atoms with van der Waals surface area (Å²) in [5.74, 6) is 0.422. The molecule has 0 amide bonds. The van der Waals surface area contributed by atoms with Gasteiger partial charge >= 0.3 is 0 Å². The largest absolute Gasteiger partial charge is 0.380 e. The van der Waals surface area contributed by atoms with Crippen LogP contribution in [-0.4, -0.2) is 21.8 Å². The van der Waals surface area contributed by atoms with Gasteiger partial charge in [0.1, 0.15) is 11.6 Å². The molecule has 0 bridgehead atoms. The van der Waals surface area contributed by atoms with Crippen molar-refractivity contribution in [2.45, 2.75) is 25.8 Å². The summed E-state index contributed by atoms with van der Waals surface area (Å²) in [4.78, 5) is 0. The fourth-order valence-corrected chi connectivity index (χ4v) is 3.21. The summed E-state index contributed by atoms with van der Waals surface area (Å²) in [5, 5.41) is 2.99. The van der Waals surface area contributed by atoms with Gasteiger partial charge in [-0.15, -0.1) is 0 Å². The van der Waals surface area contributed by atoms with Crippen molar-refractivity contribution < 1.29 is 13.0 Å². The Balaban J connectivity index is 2.08. The van der Waals surface area contributed by atoms with E-state index in [2.05, 4.69) is 5.32 Å². The highest BCUT2D eigenvalue weighted by Crippen LogP contribution is 2.22. The molecule has 0 atom stereocenters. The SMILES string of the molecule is Cc1cc(F)c(NC2CCS(=O)CC2)cc1F. The molecule has 0 aliphatic carbocycles. The highest BCUT2D eigenvalue weighted by molar-refractivity contribution is 7.85. The van der Waals surface area contributed by atoms with Crippen LogP contribution >= 0.6 is 0 Å². The van der Waals surface area contributed by atoms with Gasteiger partial charge in [0, 0.05) is 34.4 Å². The molecule has 17 heavy (non-hydrogen) atoms. The average Bonchev–Trinajstić information content (AvgIpc) is 2.29. The Kier molecular flexibility index (Phi) is 3.76. The van der Waals surface area contributed by atoms with Crippen molar-refractivity contribution in [1.29, 1.82) is 0 Å². The van der Waals surface area contributed by atoms with Crippen LogP contribution in [0.2, 0.25) is 0 Å². The lowest BCUT2D eigenvalue weighted by Crippen LogP contribution is -2.29. The average molecular weight is 259 g/mol. The molecule has 1 heterocycles. The summed E-state index contributed by atoms with van der Waals surface area (Å²) in [7, 11) is -0.740. The molecule has 0 unspecified atom stereocenters. The van der Waals surface area contributed by atoms with Gasteiger partial charge in [-0.05, 0) is 31.4 Å². The third-order valence-corrected chi connectivity index (χ3v) is 4.38.